The second kappa shape index (κ2) is 6.00. The zero-order chi connectivity index (χ0) is 15.5. The van der Waals surface area contributed by atoms with E-state index in [1.165, 1.54) is 12.1 Å². The fourth-order valence-electron chi connectivity index (χ4n) is 2.66. The number of carbonyl (C=O) groups is 1. The molecule has 2 aromatic rings. The molecule has 0 saturated carbocycles. The predicted octanol–water partition coefficient (Wildman–Crippen LogP) is 3.79. The van der Waals surface area contributed by atoms with E-state index in [-0.39, 0.29) is 5.91 Å². The molecule has 3 nitrogen and oxygen atoms in total. The van der Waals surface area contributed by atoms with Crippen LogP contribution >= 0.6 is 0 Å². The quantitative estimate of drug-likeness (QED) is 0.929. The molecule has 0 aromatic heterocycles. The van der Waals surface area contributed by atoms with E-state index in [9.17, 15) is 4.79 Å². The zero-order valence-electron chi connectivity index (χ0n) is 13.2. The van der Waals surface area contributed by atoms with Gasteiger partial charge in [0.1, 0.15) is 0 Å². The molecule has 1 N–H and O–H groups in total. The Balaban J connectivity index is 1.70. The maximum Gasteiger partial charge on any atom is 0.255 e. The average Bonchev–Trinajstić information content (AvgIpc) is 2.96. The van der Waals surface area contributed by atoms with E-state index >= 15 is 0 Å². The minimum absolute atomic E-state index is 0.180. The van der Waals surface area contributed by atoms with Crippen LogP contribution in [-0.4, -0.2) is 19.0 Å². The van der Waals surface area contributed by atoms with E-state index in [2.05, 4.69) is 17.1 Å². The van der Waals surface area contributed by atoms with Crippen LogP contribution in [0.3, 0.4) is 0 Å². The molecular weight excluding hydrogens is 260 g/mol. The van der Waals surface area contributed by atoms with Gasteiger partial charge in [0, 0.05) is 30.0 Å². The number of nitrogens with zero attached hydrogens (tertiary/aromatic N) is 1. The normalized spacial score (nSPS) is 18.4. The topological polar surface area (TPSA) is 32.3 Å². The summed E-state index contributed by atoms with van der Waals surface area (Å²) in [6.07, 6.45) is 1.22. The van der Waals surface area contributed by atoms with Crippen molar-refractivity contribution in [3.8, 4) is 0 Å². The molecule has 1 atom stereocenters. The molecule has 1 aliphatic rings. The Bertz CT molecular complexity index is 669. The average molecular weight is 282 g/mol. The SMILES string of the molecule is [3H]c1ccccc1NC(=O)c1ccc(N2CC[C@H](C)C2)cc1. The van der Waals surface area contributed by atoms with E-state index in [1.807, 2.05) is 30.3 Å². The monoisotopic (exact) mass is 282 g/mol. The third kappa shape index (κ3) is 3.24. The van der Waals surface area contributed by atoms with Gasteiger partial charge in [-0.3, -0.25) is 4.79 Å². The van der Waals surface area contributed by atoms with Crippen molar-refractivity contribution >= 4 is 17.3 Å². The second-order valence-corrected chi connectivity index (χ2v) is 5.62. The van der Waals surface area contributed by atoms with E-state index < -0.39 is 0 Å². The van der Waals surface area contributed by atoms with Crippen LogP contribution in [0, 0.1) is 5.92 Å². The van der Waals surface area contributed by atoms with Gasteiger partial charge in [-0.2, -0.15) is 0 Å². The van der Waals surface area contributed by atoms with E-state index in [1.54, 1.807) is 18.2 Å². The Hall–Kier alpha value is -2.29. The maximum absolute atomic E-state index is 12.2. The van der Waals surface area contributed by atoms with Crippen LogP contribution in [0.5, 0.6) is 0 Å². The highest BCUT2D eigenvalue weighted by molar-refractivity contribution is 6.04. The van der Waals surface area contributed by atoms with Gasteiger partial charge < -0.3 is 10.2 Å². The van der Waals surface area contributed by atoms with Crippen LogP contribution in [0.4, 0.5) is 11.4 Å². The van der Waals surface area contributed by atoms with E-state index in [4.69, 9.17) is 1.37 Å². The zero-order valence-corrected chi connectivity index (χ0v) is 12.2. The first-order valence-electron chi connectivity index (χ1n) is 7.85. The molecule has 1 saturated heterocycles. The number of nitrogens with one attached hydrogen (secondary N) is 1. The number of amides is 1. The molecule has 1 fully saturated rings. The van der Waals surface area contributed by atoms with Crippen molar-refractivity contribution in [2.24, 2.45) is 5.92 Å². The van der Waals surface area contributed by atoms with Gasteiger partial charge in [-0.15, -0.1) is 0 Å². The standard InChI is InChI=1S/C18H20N2O/c1-14-11-12-20(13-14)17-9-7-15(8-10-17)18(21)19-16-5-3-2-4-6-16/h2-10,14H,11-13H2,1H3,(H,19,21)/t14-/m0/s1/i5T. The summed E-state index contributed by atoms with van der Waals surface area (Å²) in [6.45, 7) is 4.43. The fraction of sp³-hybridized carbons (Fsp3) is 0.278. The Morgan fingerprint density at radius 2 is 2.05 bits per heavy atom. The van der Waals surface area contributed by atoms with Crippen LogP contribution in [0.25, 0.3) is 0 Å². The van der Waals surface area contributed by atoms with Crippen LogP contribution in [0.1, 0.15) is 25.1 Å². The first-order valence-corrected chi connectivity index (χ1v) is 7.35. The van der Waals surface area contributed by atoms with Gasteiger partial charge in [0.2, 0.25) is 0 Å². The summed E-state index contributed by atoms with van der Waals surface area (Å²) >= 11 is 0. The lowest BCUT2D eigenvalue weighted by Gasteiger charge is -2.18. The first kappa shape index (κ1) is 12.5. The van der Waals surface area contributed by atoms with Crippen molar-refractivity contribution in [1.29, 1.82) is 0 Å². The first-order chi connectivity index (χ1) is 10.6. The van der Waals surface area contributed by atoms with Crippen molar-refractivity contribution in [3.63, 3.8) is 0 Å². The number of hydrogen-bond acceptors (Lipinski definition) is 2. The Morgan fingerprint density at radius 3 is 2.71 bits per heavy atom. The minimum Gasteiger partial charge on any atom is -0.371 e. The molecule has 108 valence electrons. The molecule has 3 heteroatoms. The molecule has 21 heavy (non-hydrogen) atoms. The van der Waals surface area contributed by atoms with Crippen molar-refractivity contribution in [2.75, 3.05) is 23.3 Å². The van der Waals surface area contributed by atoms with Crippen LogP contribution < -0.4 is 10.2 Å². The van der Waals surface area contributed by atoms with Crippen molar-refractivity contribution < 1.29 is 6.17 Å². The third-order valence-electron chi connectivity index (χ3n) is 3.88. The molecule has 0 radical (unpaired) electrons. The van der Waals surface area contributed by atoms with Crippen LogP contribution in [0.15, 0.2) is 54.6 Å². The molecule has 0 bridgehead atoms. The van der Waals surface area contributed by atoms with Gasteiger partial charge in [-0.05, 0) is 48.7 Å². The molecule has 1 aliphatic heterocycles. The fourth-order valence-corrected chi connectivity index (χ4v) is 2.66. The lowest BCUT2D eigenvalue weighted by atomic mass is 10.1. The molecule has 3 rings (SSSR count). The number of benzene rings is 2. The number of anilines is 2. The lowest BCUT2D eigenvalue weighted by Crippen LogP contribution is -2.19. The highest BCUT2D eigenvalue weighted by atomic mass is 16.1. The number of hydrogen-bond donors (Lipinski definition) is 1. The minimum atomic E-state index is -0.180. The summed E-state index contributed by atoms with van der Waals surface area (Å²) in [5.74, 6) is 0.553. The van der Waals surface area contributed by atoms with Gasteiger partial charge in [0.25, 0.3) is 5.91 Å². The summed E-state index contributed by atoms with van der Waals surface area (Å²) in [5, 5.41) is 2.78. The number of rotatable bonds is 3. The van der Waals surface area contributed by atoms with Gasteiger partial charge in [-0.25, -0.2) is 0 Å². The molecule has 2 aromatic carbocycles. The molecule has 1 amide bonds. The summed E-state index contributed by atoms with van der Waals surface area (Å²) in [4.78, 5) is 14.6. The second-order valence-electron chi connectivity index (χ2n) is 5.62. The predicted molar refractivity (Wildman–Crippen MR) is 86.8 cm³/mol. The largest absolute Gasteiger partial charge is 0.371 e. The van der Waals surface area contributed by atoms with Crippen molar-refractivity contribution in [2.45, 2.75) is 13.3 Å². The van der Waals surface area contributed by atoms with E-state index in [0.29, 0.717) is 17.3 Å². The lowest BCUT2D eigenvalue weighted by molar-refractivity contribution is 0.102. The van der Waals surface area contributed by atoms with Crippen LogP contribution in [0.2, 0.25) is 0 Å². The third-order valence-corrected chi connectivity index (χ3v) is 3.88. The summed E-state index contributed by atoms with van der Waals surface area (Å²) < 4.78 is 7.77. The maximum atomic E-state index is 12.2. The van der Waals surface area contributed by atoms with Gasteiger partial charge in [0.15, 0.2) is 0 Å². The molecule has 0 aliphatic carbocycles. The molecule has 0 unspecified atom stereocenters. The van der Waals surface area contributed by atoms with Gasteiger partial charge in [-0.1, -0.05) is 25.1 Å². The molecular formula is C18H20N2O. The van der Waals surface area contributed by atoms with E-state index in [0.717, 1.165) is 19.0 Å². The molecule has 0 spiro atoms. The van der Waals surface area contributed by atoms with Gasteiger partial charge in [0.05, 0.1) is 1.37 Å². The highest BCUT2D eigenvalue weighted by Crippen LogP contribution is 2.23. The van der Waals surface area contributed by atoms with Crippen molar-refractivity contribution in [1.82, 2.24) is 0 Å². The highest BCUT2D eigenvalue weighted by Gasteiger charge is 2.18. The Labute approximate surface area is 127 Å². The summed E-state index contributed by atoms with van der Waals surface area (Å²) in [6, 6.07) is 15.0. The summed E-state index contributed by atoms with van der Waals surface area (Å²) in [7, 11) is 0. The Morgan fingerprint density at radius 1 is 1.24 bits per heavy atom. The number of para-hydroxylation sites is 1. The smallest absolute Gasteiger partial charge is 0.255 e. The summed E-state index contributed by atoms with van der Waals surface area (Å²) in [5.41, 5.74) is 2.31. The van der Waals surface area contributed by atoms with Crippen LogP contribution in [-0.2, 0) is 0 Å². The van der Waals surface area contributed by atoms with Gasteiger partial charge >= 0.3 is 0 Å². The Kier molecular flexibility index (Phi) is 3.56. The number of carbonyl (C=O) groups excluding carboxylic acids is 1. The molecule has 1 heterocycles. The van der Waals surface area contributed by atoms with Crippen molar-refractivity contribution in [3.05, 3.63) is 60.1 Å².